The maximum absolute atomic E-state index is 12.3. The summed E-state index contributed by atoms with van der Waals surface area (Å²) in [5.41, 5.74) is 1.31. The molecular formula is C14H19NO3S. The van der Waals surface area contributed by atoms with Gasteiger partial charge in [0, 0.05) is 11.4 Å². The number of carbonyl (C=O) groups is 2. The van der Waals surface area contributed by atoms with E-state index in [1.165, 1.54) is 16.9 Å². The van der Waals surface area contributed by atoms with Crippen molar-refractivity contribution in [2.45, 2.75) is 33.1 Å². The van der Waals surface area contributed by atoms with Crippen LogP contribution in [0.25, 0.3) is 0 Å². The number of thiophene rings is 1. The van der Waals surface area contributed by atoms with Gasteiger partial charge in [-0.15, -0.1) is 11.3 Å². The second-order valence-corrected chi connectivity index (χ2v) is 5.67. The van der Waals surface area contributed by atoms with Gasteiger partial charge >= 0.3 is 5.97 Å². The van der Waals surface area contributed by atoms with Crippen LogP contribution in [-0.2, 0) is 22.4 Å². The molecule has 0 saturated carbocycles. The predicted molar refractivity (Wildman–Crippen MR) is 74.6 cm³/mol. The summed E-state index contributed by atoms with van der Waals surface area (Å²) in [5, 5.41) is 0. The lowest BCUT2D eigenvalue weighted by atomic mass is 10.2. The molecule has 0 N–H and O–H groups in total. The summed E-state index contributed by atoms with van der Waals surface area (Å²) in [4.78, 5) is 27.4. The highest BCUT2D eigenvalue weighted by molar-refractivity contribution is 7.14. The third-order valence-electron chi connectivity index (χ3n) is 3.25. The van der Waals surface area contributed by atoms with Crippen LogP contribution in [-0.4, -0.2) is 36.5 Å². The number of hydrogen-bond donors (Lipinski definition) is 0. The van der Waals surface area contributed by atoms with Crippen LogP contribution in [0, 0.1) is 0 Å². The van der Waals surface area contributed by atoms with Gasteiger partial charge in [0.25, 0.3) is 5.91 Å². The third-order valence-corrected chi connectivity index (χ3v) is 4.48. The normalized spacial score (nSPS) is 13.2. The highest BCUT2D eigenvalue weighted by Gasteiger charge is 2.23. The number of rotatable bonds is 5. The van der Waals surface area contributed by atoms with E-state index >= 15 is 0 Å². The monoisotopic (exact) mass is 281 g/mol. The van der Waals surface area contributed by atoms with Crippen molar-refractivity contribution in [3.63, 3.8) is 0 Å². The minimum Gasteiger partial charge on any atom is -0.465 e. The van der Waals surface area contributed by atoms with Crippen LogP contribution in [0.5, 0.6) is 0 Å². The smallest absolute Gasteiger partial charge is 0.325 e. The first-order chi connectivity index (χ1) is 9.15. The van der Waals surface area contributed by atoms with Crippen LogP contribution in [0.2, 0.25) is 0 Å². The molecule has 0 atom stereocenters. The lowest BCUT2D eigenvalue weighted by Gasteiger charge is -2.18. The van der Waals surface area contributed by atoms with E-state index in [1.54, 1.807) is 23.2 Å². The molecule has 0 fully saturated rings. The number of likely N-dealkylation sites (N-methyl/N-ethyl adjacent to an activating group) is 1. The van der Waals surface area contributed by atoms with Gasteiger partial charge < -0.3 is 9.64 Å². The molecule has 0 radical (unpaired) electrons. The number of aryl methyl sites for hydroxylation is 2. The van der Waals surface area contributed by atoms with Crippen molar-refractivity contribution >= 4 is 23.2 Å². The predicted octanol–water partition coefficient (Wildman–Crippen LogP) is 2.26. The summed E-state index contributed by atoms with van der Waals surface area (Å²) >= 11 is 1.57. The molecule has 5 heteroatoms. The van der Waals surface area contributed by atoms with E-state index in [-0.39, 0.29) is 18.4 Å². The molecule has 1 amide bonds. The van der Waals surface area contributed by atoms with Crippen LogP contribution in [0.1, 0.15) is 40.4 Å². The Morgan fingerprint density at radius 3 is 2.79 bits per heavy atom. The van der Waals surface area contributed by atoms with E-state index in [9.17, 15) is 9.59 Å². The molecule has 0 unspecified atom stereocenters. The van der Waals surface area contributed by atoms with Crippen LogP contribution in [0.15, 0.2) is 6.07 Å². The zero-order valence-corrected chi connectivity index (χ0v) is 12.2. The number of nitrogens with zero attached hydrogens (tertiary/aromatic N) is 1. The summed E-state index contributed by atoms with van der Waals surface area (Å²) < 4.78 is 4.89. The zero-order valence-electron chi connectivity index (χ0n) is 11.4. The van der Waals surface area contributed by atoms with Crippen molar-refractivity contribution in [3.8, 4) is 0 Å². The van der Waals surface area contributed by atoms with Crippen molar-refractivity contribution in [1.82, 2.24) is 4.90 Å². The number of hydrogen-bond acceptors (Lipinski definition) is 4. The average molecular weight is 281 g/mol. The molecule has 0 aliphatic heterocycles. The molecule has 0 saturated heterocycles. The molecular weight excluding hydrogens is 262 g/mol. The fraction of sp³-hybridized carbons (Fsp3) is 0.571. The molecule has 1 aliphatic carbocycles. The SMILES string of the molecule is CCOC(=O)CN(CC)C(=O)c1cc2c(s1)CCC2. The Morgan fingerprint density at radius 1 is 1.37 bits per heavy atom. The molecule has 1 heterocycles. The van der Waals surface area contributed by atoms with Crippen LogP contribution >= 0.6 is 11.3 Å². The summed E-state index contributed by atoms with van der Waals surface area (Å²) in [5.74, 6) is -0.406. The van der Waals surface area contributed by atoms with Crippen molar-refractivity contribution in [3.05, 3.63) is 21.4 Å². The van der Waals surface area contributed by atoms with Crippen molar-refractivity contribution in [2.24, 2.45) is 0 Å². The quantitative estimate of drug-likeness (QED) is 0.778. The molecule has 19 heavy (non-hydrogen) atoms. The highest BCUT2D eigenvalue weighted by Crippen LogP contribution is 2.31. The minimum absolute atomic E-state index is 0.0335. The lowest BCUT2D eigenvalue weighted by Crippen LogP contribution is -2.35. The molecule has 104 valence electrons. The third kappa shape index (κ3) is 3.15. The van der Waals surface area contributed by atoms with Crippen molar-refractivity contribution in [2.75, 3.05) is 19.7 Å². The molecule has 1 aromatic heterocycles. The van der Waals surface area contributed by atoms with Crippen LogP contribution < -0.4 is 0 Å². The lowest BCUT2D eigenvalue weighted by molar-refractivity contribution is -0.143. The van der Waals surface area contributed by atoms with Gasteiger partial charge in [0.05, 0.1) is 11.5 Å². The number of amides is 1. The molecule has 4 nitrogen and oxygen atoms in total. The van der Waals surface area contributed by atoms with Gasteiger partial charge in [-0.3, -0.25) is 9.59 Å². The highest BCUT2D eigenvalue weighted by atomic mass is 32.1. The second kappa shape index (κ2) is 6.19. The van der Waals surface area contributed by atoms with E-state index < -0.39 is 0 Å². The first-order valence-corrected chi connectivity index (χ1v) is 7.53. The topological polar surface area (TPSA) is 46.6 Å². The maximum Gasteiger partial charge on any atom is 0.325 e. The Kier molecular flexibility index (Phi) is 4.58. The molecule has 0 aromatic carbocycles. The van der Waals surface area contributed by atoms with Crippen LogP contribution in [0.3, 0.4) is 0 Å². The first-order valence-electron chi connectivity index (χ1n) is 6.72. The van der Waals surface area contributed by atoms with Crippen LogP contribution in [0.4, 0.5) is 0 Å². The molecule has 0 bridgehead atoms. The van der Waals surface area contributed by atoms with E-state index in [4.69, 9.17) is 4.74 Å². The van der Waals surface area contributed by atoms with E-state index in [0.29, 0.717) is 13.2 Å². The van der Waals surface area contributed by atoms with Gasteiger partial charge in [0.15, 0.2) is 0 Å². The standard InChI is InChI=1S/C14H19NO3S/c1-3-15(9-13(16)18-4-2)14(17)12-8-10-6-5-7-11(10)19-12/h8H,3-7,9H2,1-2H3. The van der Waals surface area contributed by atoms with Gasteiger partial charge in [-0.25, -0.2) is 0 Å². The summed E-state index contributed by atoms with van der Waals surface area (Å²) in [6.45, 7) is 4.53. The van der Waals surface area contributed by atoms with Gasteiger partial charge in [0.2, 0.25) is 0 Å². The fourth-order valence-corrected chi connectivity index (χ4v) is 3.50. The van der Waals surface area contributed by atoms with Gasteiger partial charge in [-0.05, 0) is 44.7 Å². The Labute approximate surface area is 117 Å². The minimum atomic E-state index is -0.346. The second-order valence-electron chi connectivity index (χ2n) is 4.54. The average Bonchev–Trinajstić information content (AvgIpc) is 2.96. The van der Waals surface area contributed by atoms with E-state index in [0.717, 1.165) is 17.7 Å². The molecule has 1 aliphatic rings. The van der Waals surface area contributed by atoms with Gasteiger partial charge in [0.1, 0.15) is 6.54 Å². The number of esters is 1. The summed E-state index contributed by atoms with van der Waals surface area (Å²) in [7, 11) is 0. The maximum atomic E-state index is 12.3. The van der Waals surface area contributed by atoms with Gasteiger partial charge in [-0.2, -0.15) is 0 Å². The Balaban J connectivity index is 2.05. The number of carbonyl (C=O) groups excluding carboxylic acids is 2. The molecule has 2 rings (SSSR count). The molecule has 0 spiro atoms. The Morgan fingerprint density at radius 2 is 2.16 bits per heavy atom. The first kappa shape index (κ1) is 14.1. The largest absolute Gasteiger partial charge is 0.465 e. The Bertz CT molecular complexity index is 460. The van der Waals surface area contributed by atoms with Crippen molar-refractivity contribution < 1.29 is 14.3 Å². The van der Waals surface area contributed by atoms with E-state index in [1.807, 2.05) is 13.0 Å². The Hall–Kier alpha value is -1.36. The number of fused-ring (bicyclic) bond motifs is 1. The van der Waals surface area contributed by atoms with E-state index in [2.05, 4.69) is 0 Å². The number of ether oxygens (including phenoxy) is 1. The zero-order chi connectivity index (χ0) is 13.8. The van der Waals surface area contributed by atoms with Gasteiger partial charge in [-0.1, -0.05) is 0 Å². The fourth-order valence-electron chi connectivity index (χ4n) is 2.28. The molecule has 1 aromatic rings. The summed E-state index contributed by atoms with van der Waals surface area (Å²) in [6.07, 6.45) is 3.34. The van der Waals surface area contributed by atoms with Crippen molar-refractivity contribution in [1.29, 1.82) is 0 Å². The summed E-state index contributed by atoms with van der Waals surface area (Å²) in [6, 6.07) is 1.99.